The van der Waals surface area contributed by atoms with Crippen LogP contribution in [0.3, 0.4) is 0 Å². The minimum Gasteiger partial charge on any atom is -0.497 e. The molecule has 0 radical (unpaired) electrons. The molecular weight excluding hydrogens is 360 g/mol. The molecule has 0 aromatic heterocycles. The van der Waals surface area contributed by atoms with E-state index in [-0.39, 0.29) is 5.91 Å². The SMILES string of the molecule is COc1ccc(N2CCCN(C(=O)CCc3ccc4ccccc4c3)CC2)cc1. The smallest absolute Gasteiger partial charge is 0.222 e. The number of hydrogen-bond acceptors (Lipinski definition) is 3. The van der Waals surface area contributed by atoms with E-state index in [9.17, 15) is 4.79 Å². The van der Waals surface area contributed by atoms with E-state index < -0.39 is 0 Å². The maximum absolute atomic E-state index is 12.8. The Bertz CT molecular complexity index is 968. The number of fused-ring (bicyclic) bond motifs is 1. The third-order valence-corrected chi connectivity index (χ3v) is 5.73. The van der Waals surface area contributed by atoms with Gasteiger partial charge in [0.15, 0.2) is 0 Å². The molecular formula is C25H28N2O2. The van der Waals surface area contributed by atoms with Crippen LogP contribution in [0.5, 0.6) is 5.75 Å². The van der Waals surface area contributed by atoms with Gasteiger partial charge in [0.2, 0.25) is 5.91 Å². The molecule has 0 N–H and O–H groups in total. The third-order valence-electron chi connectivity index (χ3n) is 5.73. The summed E-state index contributed by atoms with van der Waals surface area (Å²) in [6.07, 6.45) is 2.36. The van der Waals surface area contributed by atoms with Gasteiger partial charge in [0.25, 0.3) is 0 Å². The second kappa shape index (κ2) is 8.99. The van der Waals surface area contributed by atoms with Gasteiger partial charge in [-0.2, -0.15) is 0 Å². The molecule has 4 rings (SSSR count). The summed E-state index contributed by atoms with van der Waals surface area (Å²) in [5, 5.41) is 2.48. The number of nitrogens with zero attached hydrogens (tertiary/aromatic N) is 2. The zero-order valence-corrected chi connectivity index (χ0v) is 17.0. The fraction of sp³-hybridized carbons (Fsp3) is 0.320. The average Bonchev–Trinajstić information content (AvgIpc) is 3.04. The van der Waals surface area contributed by atoms with E-state index in [0.717, 1.165) is 44.8 Å². The van der Waals surface area contributed by atoms with Crippen LogP contribution in [-0.4, -0.2) is 44.1 Å². The van der Waals surface area contributed by atoms with Gasteiger partial charge in [-0.15, -0.1) is 0 Å². The highest BCUT2D eigenvalue weighted by atomic mass is 16.5. The molecule has 1 aliphatic rings. The molecule has 0 saturated carbocycles. The fourth-order valence-corrected chi connectivity index (χ4v) is 4.02. The zero-order chi connectivity index (χ0) is 20.1. The van der Waals surface area contributed by atoms with Crippen LogP contribution in [0, 0.1) is 0 Å². The van der Waals surface area contributed by atoms with E-state index in [1.807, 2.05) is 17.0 Å². The first kappa shape index (κ1) is 19.3. The molecule has 0 bridgehead atoms. The Kier molecular flexibility index (Phi) is 5.99. The van der Waals surface area contributed by atoms with Crippen LogP contribution in [0.25, 0.3) is 10.8 Å². The van der Waals surface area contributed by atoms with Crippen LogP contribution in [0.1, 0.15) is 18.4 Å². The normalized spacial score (nSPS) is 14.7. The first-order chi connectivity index (χ1) is 14.2. The molecule has 0 unspecified atom stereocenters. The number of methoxy groups -OCH3 is 1. The molecule has 4 nitrogen and oxygen atoms in total. The molecule has 0 spiro atoms. The second-order valence-electron chi connectivity index (χ2n) is 7.60. The van der Waals surface area contributed by atoms with Crippen molar-refractivity contribution in [2.75, 3.05) is 38.2 Å². The monoisotopic (exact) mass is 388 g/mol. The highest BCUT2D eigenvalue weighted by molar-refractivity contribution is 5.83. The van der Waals surface area contributed by atoms with Crippen molar-refractivity contribution >= 4 is 22.4 Å². The predicted octanol–water partition coefficient (Wildman–Crippen LogP) is 4.52. The lowest BCUT2D eigenvalue weighted by Gasteiger charge is -2.24. The largest absolute Gasteiger partial charge is 0.497 e. The second-order valence-corrected chi connectivity index (χ2v) is 7.60. The third kappa shape index (κ3) is 4.70. The first-order valence-corrected chi connectivity index (χ1v) is 10.4. The van der Waals surface area contributed by atoms with Gasteiger partial charge in [0, 0.05) is 38.3 Å². The summed E-state index contributed by atoms with van der Waals surface area (Å²) < 4.78 is 5.25. The van der Waals surface area contributed by atoms with Gasteiger partial charge < -0.3 is 14.5 Å². The van der Waals surface area contributed by atoms with Crippen LogP contribution < -0.4 is 9.64 Å². The number of carbonyl (C=O) groups is 1. The van der Waals surface area contributed by atoms with Gasteiger partial charge >= 0.3 is 0 Å². The summed E-state index contributed by atoms with van der Waals surface area (Å²) in [4.78, 5) is 17.2. The molecule has 150 valence electrons. The van der Waals surface area contributed by atoms with Gasteiger partial charge in [0.1, 0.15) is 5.75 Å². The summed E-state index contributed by atoms with van der Waals surface area (Å²) in [6, 6.07) is 23.0. The number of carbonyl (C=O) groups excluding carboxylic acids is 1. The van der Waals surface area contributed by atoms with E-state index in [0.29, 0.717) is 6.42 Å². The summed E-state index contributed by atoms with van der Waals surface area (Å²) in [7, 11) is 1.68. The average molecular weight is 389 g/mol. The van der Waals surface area contributed by atoms with Crippen molar-refractivity contribution in [3.8, 4) is 5.75 Å². The lowest BCUT2D eigenvalue weighted by molar-refractivity contribution is -0.130. The molecule has 1 saturated heterocycles. The van der Waals surface area contributed by atoms with Crippen molar-refractivity contribution in [1.29, 1.82) is 0 Å². The van der Waals surface area contributed by atoms with Crippen molar-refractivity contribution in [2.45, 2.75) is 19.3 Å². The quantitative estimate of drug-likeness (QED) is 0.644. The topological polar surface area (TPSA) is 32.8 Å². The molecule has 0 aliphatic carbocycles. The maximum Gasteiger partial charge on any atom is 0.222 e. The Labute approximate surface area is 172 Å². The van der Waals surface area contributed by atoms with Gasteiger partial charge in [-0.1, -0.05) is 42.5 Å². The molecule has 4 heteroatoms. The number of hydrogen-bond donors (Lipinski definition) is 0. The number of anilines is 1. The van der Waals surface area contributed by atoms with E-state index in [4.69, 9.17) is 4.74 Å². The van der Waals surface area contributed by atoms with E-state index in [1.165, 1.54) is 22.0 Å². The number of benzene rings is 3. The Morgan fingerprint density at radius 2 is 1.69 bits per heavy atom. The van der Waals surface area contributed by atoms with Crippen molar-refractivity contribution in [3.63, 3.8) is 0 Å². The van der Waals surface area contributed by atoms with E-state index in [1.54, 1.807) is 7.11 Å². The van der Waals surface area contributed by atoms with Crippen molar-refractivity contribution in [3.05, 3.63) is 72.3 Å². The summed E-state index contributed by atoms with van der Waals surface area (Å²) in [5.41, 5.74) is 2.42. The molecule has 1 fully saturated rings. The first-order valence-electron chi connectivity index (χ1n) is 10.4. The predicted molar refractivity (Wildman–Crippen MR) is 119 cm³/mol. The number of amides is 1. The molecule has 0 atom stereocenters. The Balaban J connectivity index is 1.32. The van der Waals surface area contributed by atoms with Crippen LogP contribution >= 0.6 is 0 Å². The van der Waals surface area contributed by atoms with Gasteiger partial charge in [-0.3, -0.25) is 4.79 Å². The minimum atomic E-state index is 0.259. The summed E-state index contributed by atoms with van der Waals surface area (Å²) in [6.45, 7) is 3.46. The van der Waals surface area contributed by atoms with E-state index in [2.05, 4.69) is 59.5 Å². The van der Waals surface area contributed by atoms with Crippen molar-refractivity contribution < 1.29 is 9.53 Å². The summed E-state index contributed by atoms with van der Waals surface area (Å²) in [5.74, 6) is 1.13. The maximum atomic E-state index is 12.8. The number of aryl methyl sites for hydroxylation is 1. The fourth-order valence-electron chi connectivity index (χ4n) is 4.02. The van der Waals surface area contributed by atoms with Gasteiger partial charge in [-0.05, 0) is 53.4 Å². The lowest BCUT2D eigenvalue weighted by atomic mass is 10.0. The van der Waals surface area contributed by atoms with E-state index >= 15 is 0 Å². The molecule has 1 amide bonds. The summed E-state index contributed by atoms with van der Waals surface area (Å²) >= 11 is 0. The zero-order valence-electron chi connectivity index (χ0n) is 17.0. The van der Waals surface area contributed by atoms with Crippen molar-refractivity contribution in [1.82, 2.24) is 4.90 Å². The molecule has 1 aliphatic heterocycles. The standard InChI is InChI=1S/C25H28N2O2/c1-29-24-12-10-23(11-13-24)26-15-4-16-27(18-17-26)25(28)14-8-20-7-9-21-5-2-3-6-22(21)19-20/h2-3,5-7,9-13,19H,4,8,14-18H2,1H3. The number of ether oxygens (including phenoxy) is 1. The molecule has 1 heterocycles. The minimum absolute atomic E-state index is 0.259. The molecule has 3 aromatic rings. The van der Waals surface area contributed by atoms with Crippen LogP contribution in [0.15, 0.2) is 66.7 Å². The highest BCUT2D eigenvalue weighted by Crippen LogP contribution is 2.21. The Morgan fingerprint density at radius 1 is 0.897 bits per heavy atom. The Morgan fingerprint density at radius 3 is 2.48 bits per heavy atom. The molecule has 29 heavy (non-hydrogen) atoms. The van der Waals surface area contributed by atoms with Gasteiger partial charge in [0.05, 0.1) is 7.11 Å². The van der Waals surface area contributed by atoms with Crippen LogP contribution in [0.2, 0.25) is 0 Å². The van der Waals surface area contributed by atoms with Crippen molar-refractivity contribution in [2.24, 2.45) is 0 Å². The van der Waals surface area contributed by atoms with Crippen LogP contribution in [-0.2, 0) is 11.2 Å². The molecule has 3 aromatic carbocycles. The lowest BCUT2D eigenvalue weighted by Crippen LogP contribution is -2.35. The highest BCUT2D eigenvalue weighted by Gasteiger charge is 2.19. The van der Waals surface area contributed by atoms with Gasteiger partial charge in [-0.25, -0.2) is 0 Å². The number of rotatable bonds is 5. The Hall–Kier alpha value is -3.01. The van der Waals surface area contributed by atoms with Crippen LogP contribution in [0.4, 0.5) is 5.69 Å².